The number of fused-ring (bicyclic) bond motifs is 4. The lowest BCUT2D eigenvalue weighted by atomic mass is 9.78. The molecule has 4 rings (SSSR count). The van der Waals surface area contributed by atoms with Crippen LogP contribution in [-0.4, -0.2) is 21.4 Å². The first-order chi connectivity index (χ1) is 10.7. The van der Waals surface area contributed by atoms with Crippen LogP contribution < -0.4 is 0 Å². The third kappa shape index (κ3) is 3.44. The lowest BCUT2D eigenvalue weighted by Gasteiger charge is -2.33. The monoisotopic (exact) mass is 318 g/mol. The van der Waals surface area contributed by atoms with Gasteiger partial charge in [-0.3, -0.25) is 0 Å². The van der Waals surface area contributed by atoms with Crippen molar-refractivity contribution < 1.29 is 10.2 Å². The maximum absolute atomic E-state index is 10.1. The molecule has 4 aliphatic carbocycles. The largest absolute Gasteiger partial charge is 0.390 e. The Labute approximate surface area is 141 Å². The van der Waals surface area contributed by atoms with Crippen molar-refractivity contribution in [1.82, 2.24) is 0 Å². The van der Waals surface area contributed by atoms with Crippen molar-refractivity contribution in [2.45, 2.75) is 71.0 Å². The van der Waals surface area contributed by atoms with Crippen LogP contribution in [0.15, 0.2) is 24.3 Å². The van der Waals surface area contributed by atoms with Crippen molar-refractivity contribution in [1.29, 1.82) is 0 Å². The molecule has 2 saturated carbocycles. The molecule has 7 atom stereocenters. The van der Waals surface area contributed by atoms with Crippen LogP contribution in [0, 0.1) is 35.5 Å². The van der Waals surface area contributed by atoms with Crippen molar-refractivity contribution in [3.05, 3.63) is 24.3 Å². The summed E-state index contributed by atoms with van der Waals surface area (Å²) in [5.74, 6) is 3.93. The van der Waals surface area contributed by atoms with E-state index < -0.39 is 11.2 Å². The SMILES string of the molecule is CC(C)(O)C1CC2C=CC1C2.CCC(C)(O)C1CC2C=CC1C2. The average molecular weight is 319 g/mol. The molecule has 0 aliphatic heterocycles. The molecule has 0 aromatic rings. The lowest BCUT2D eigenvalue weighted by molar-refractivity contribution is -0.0151. The quantitative estimate of drug-likeness (QED) is 0.760. The minimum atomic E-state index is -0.468. The van der Waals surface area contributed by atoms with Crippen LogP contribution in [0.4, 0.5) is 0 Å². The van der Waals surface area contributed by atoms with E-state index in [1.54, 1.807) is 0 Å². The lowest BCUT2D eigenvalue weighted by Crippen LogP contribution is -2.36. The second-order valence-electron chi connectivity index (χ2n) is 9.14. The first-order valence-corrected chi connectivity index (χ1v) is 9.52. The molecule has 0 amide bonds. The highest BCUT2D eigenvalue weighted by Gasteiger charge is 2.44. The minimum absolute atomic E-state index is 0.426. The molecule has 130 valence electrons. The molecule has 4 aliphatic rings. The number of hydrogen-bond donors (Lipinski definition) is 2. The highest BCUT2D eigenvalue weighted by atomic mass is 16.3. The fourth-order valence-electron chi connectivity index (χ4n) is 5.35. The van der Waals surface area contributed by atoms with Crippen LogP contribution in [0.5, 0.6) is 0 Å². The van der Waals surface area contributed by atoms with Crippen molar-refractivity contribution in [3.63, 3.8) is 0 Å². The molecule has 0 aromatic carbocycles. The molecule has 2 heteroatoms. The molecule has 23 heavy (non-hydrogen) atoms. The summed E-state index contributed by atoms with van der Waals surface area (Å²) in [4.78, 5) is 0. The Balaban J connectivity index is 0.000000136. The summed E-state index contributed by atoms with van der Waals surface area (Å²) < 4.78 is 0. The summed E-state index contributed by atoms with van der Waals surface area (Å²) in [6.45, 7) is 7.94. The maximum Gasteiger partial charge on any atom is 0.0651 e. The molecular weight excluding hydrogens is 284 g/mol. The molecule has 7 unspecified atom stereocenters. The Kier molecular flexibility index (Phi) is 4.52. The van der Waals surface area contributed by atoms with E-state index in [4.69, 9.17) is 0 Å². The molecule has 2 nitrogen and oxygen atoms in total. The Morgan fingerprint density at radius 1 is 0.783 bits per heavy atom. The van der Waals surface area contributed by atoms with Crippen LogP contribution in [0.1, 0.15) is 59.8 Å². The van der Waals surface area contributed by atoms with Gasteiger partial charge in [-0.2, -0.15) is 0 Å². The highest BCUT2D eigenvalue weighted by Crippen LogP contribution is 2.49. The zero-order valence-electron chi connectivity index (χ0n) is 15.2. The fourth-order valence-corrected chi connectivity index (χ4v) is 5.35. The Hall–Kier alpha value is -0.600. The van der Waals surface area contributed by atoms with E-state index in [0.717, 1.165) is 18.3 Å². The number of rotatable bonds is 3. The second-order valence-corrected chi connectivity index (χ2v) is 9.14. The van der Waals surface area contributed by atoms with Gasteiger partial charge in [0, 0.05) is 0 Å². The number of allylic oxidation sites excluding steroid dienone is 4. The van der Waals surface area contributed by atoms with Crippen molar-refractivity contribution in [3.8, 4) is 0 Å². The minimum Gasteiger partial charge on any atom is -0.390 e. The van der Waals surface area contributed by atoms with Gasteiger partial charge < -0.3 is 10.2 Å². The van der Waals surface area contributed by atoms with E-state index in [1.807, 2.05) is 20.8 Å². The first-order valence-electron chi connectivity index (χ1n) is 9.52. The molecular formula is C21H34O2. The van der Waals surface area contributed by atoms with Crippen LogP contribution in [-0.2, 0) is 0 Å². The van der Waals surface area contributed by atoms with Gasteiger partial charge in [-0.15, -0.1) is 0 Å². The summed E-state index contributed by atoms with van der Waals surface area (Å²) in [7, 11) is 0. The van der Waals surface area contributed by atoms with Crippen LogP contribution >= 0.6 is 0 Å². The summed E-state index contributed by atoms with van der Waals surface area (Å²) in [5, 5.41) is 19.9. The number of aliphatic hydroxyl groups is 2. The average Bonchev–Trinajstić information content (AvgIpc) is 3.26. The Bertz CT molecular complexity index is 483. The van der Waals surface area contributed by atoms with E-state index in [1.165, 1.54) is 25.7 Å². The standard InChI is InChI=1S/C11H18O.C10H16O/c1-3-11(2,12)10-7-8-4-5-9(10)6-8;1-10(2,11)9-6-7-3-4-8(9)5-7/h4-5,8-10,12H,3,6-7H2,1-2H3;3-4,7-9,11H,5-6H2,1-2H3. The van der Waals surface area contributed by atoms with Gasteiger partial charge >= 0.3 is 0 Å². The van der Waals surface area contributed by atoms with Gasteiger partial charge in [-0.1, -0.05) is 31.2 Å². The van der Waals surface area contributed by atoms with Crippen LogP contribution in [0.25, 0.3) is 0 Å². The van der Waals surface area contributed by atoms with E-state index in [-0.39, 0.29) is 0 Å². The third-order valence-corrected chi connectivity index (χ3v) is 6.98. The zero-order valence-corrected chi connectivity index (χ0v) is 15.2. The first kappa shape index (κ1) is 17.2. The summed E-state index contributed by atoms with van der Waals surface area (Å²) >= 11 is 0. The molecule has 4 bridgehead atoms. The number of hydrogen-bond acceptors (Lipinski definition) is 2. The molecule has 0 spiro atoms. The van der Waals surface area contributed by atoms with Gasteiger partial charge in [0.1, 0.15) is 0 Å². The van der Waals surface area contributed by atoms with Crippen molar-refractivity contribution >= 4 is 0 Å². The van der Waals surface area contributed by atoms with Gasteiger partial charge in [-0.25, -0.2) is 0 Å². The zero-order chi connectivity index (χ0) is 16.8. The molecule has 0 radical (unpaired) electrons. The summed E-state index contributed by atoms with van der Waals surface area (Å²) in [6, 6.07) is 0. The van der Waals surface area contributed by atoms with Gasteiger partial charge in [0.05, 0.1) is 11.2 Å². The van der Waals surface area contributed by atoms with Gasteiger partial charge in [0.15, 0.2) is 0 Å². The van der Waals surface area contributed by atoms with E-state index in [9.17, 15) is 10.2 Å². The van der Waals surface area contributed by atoms with Crippen molar-refractivity contribution in [2.24, 2.45) is 35.5 Å². The highest BCUT2D eigenvalue weighted by molar-refractivity contribution is 5.13. The smallest absolute Gasteiger partial charge is 0.0651 e. The molecule has 2 N–H and O–H groups in total. The Morgan fingerprint density at radius 2 is 1.26 bits per heavy atom. The molecule has 2 fully saturated rings. The van der Waals surface area contributed by atoms with E-state index in [2.05, 4.69) is 31.2 Å². The third-order valence-electron chi connectivity index (χ3n) is 6.98. The predicted molar refractivity (Wildman–Crippen MR) is 94.9 cm³/mol. The normalized spacial score (nSPS) is 42.7. The topological polar surface area (TPSA) is 40.5 Å². The molecule has 0 aromatic heterocycles. The van der Waals surface area contributed by atoms with Crippen LogP contribution in [0.3, 0.4) is 0 Å². The molecule has 0 saturated heterocycles. The van der Waals surface area contributed by atoms with Gasteiger partial charge in [-0.05, 0) is 88.4 Å². The van der Waals surface area contributed by atoms with E-state index in [0.29, 0.717) is 23.7 Å². The predicted octanol–water partition coefficient (Wildman–Crippen LogP) is 4.33. The van der Waals surface area contributed by atoms with Gasteiger partial charge in [0.2, 0.25) is 0 Å². The van der Waals surface area contributed by atoms with Gasteiger partial charge in [0.25, 0.3) is 0 Å². The second kappa shape index (κ2) is 6.04. The Morgan fingerprint density at radius 3 is 1.52 bits per heavy atom. The van der Waals surface area contributed by atoms with E-state index >= 15 is 0 Å². The van der Waals surface area contributed by atoms with Crippen molar-refractivity contribution in [2.75, 3.05) is 0 Å². The maximum atomic E-state index is 10.1. The van der Waals surface area contributed by atoms with Crippen LogP contribution in [0.2, 0.25) is 0 Å². The summed E-state index contributed by atoms with van der Waals surface area (Å²) in [6.07, 6.45) is 15.1. The molecule has 0 heterocycles. The summed E-state index contributed by atoms with van der Waals surface area (Å²) in [5.41, 5.74) is -0.894. The fraction of sp³-hybridized carbons (Fsp3) is 0.810.